The highest BCUT2D eigenvalue weighted by molar-refractivity contribution is 7.86. The molecule has 0 aliphatic heterocycles. The van der Waals surface area contributed by atoms with Crippen LogP contribution >= 0.6 is 0 Å². The van der Waals surface area contributed by atoms with E-state index in [1.165, 1.54) is 7.11 Å². The van der Waals surface area contributed by atoms with Crippen LogP contribution < -0.4 is 8.92 Å². The number of nitrogens with zero attached hydrogens (tertiary/aromatic N) is 1. The molecule has 31 heavy (non-hydrogen) atoms. The highest BCUT2D eigenvalue weighted by Gasteiger charge is 2.18. The van der Waals surface area contributed by atoms with Gasteiger partial charge in [-0.3, -0.25) is 4.79 Å². The molecule has 2 aromatic carbocycles. The first-order valence-corrected chi connectivity index (χ1v) is 11.6. The zero-order valence-electron chi connectivity index (χ0n) is 17.5. The van der Waals surface area contributed by atoms with Gasteiger partial charge in [0.05, 0.1) is 26.2 Å². The predicted octanol–water partition coefficient (Wildman–Crippen LogP) is 3.79. The first kappa shape index (κ1) is 22.4. The van der Waals surface area contributed by atoms with E-state index in [2.05, 4.69) is 0 Å². The first-order chi connectivity index (χ1) is 14.8. The van der Waals surface area contributed by atoms with Crippen molar-refractivity contribution in [1.29, 1.82) is 0 Å². The van der Waals surface area contributed by atoms with Crippen LogP contribution in [0, 0.1) is 0 Å². The number of benzene rings is 2. The zero-order valence-corrected chi connectivity index (χ0v) is 18.3. The largest absolute Gasteiger partial charge is 0.493 e. The van der Waals surface area contributed by atoms with Gasteiger partial charge < -0.3 is 18.2 Å². The number of hydrogen-bond donors (Lipinski definition) is 0. The van der Waals surface area contributed by atoms with Gasteiger partial charge in [-0.25, -0.2) is 0 Å². The van der Waals surface area contributed by atoms with E-state index >= 15 is 0 Å². The van der Waals surface area contributed by atoms with Crippen molar-refractivity contribution in [3.8, 4) is 11.5 Å². The molecule has 0 saturated heterocycles. The molecule has 0 bridgehead atoms. The maximum absolute atomic E-state index is 13.0. The van der Waals surface area contributed by atoms with Gasteiger partial charge in [-0.05, 0) is 41.8 Å². The molecule has 0 radical (unpaired) electrons. The van der Waals surface area contributed by atoms with Gasteiger partial charge in [0, 0.05) is 13.0 Å². The molecular formula is C23H25NO6S. The average molecular weight is 444 g/mol. The number of ether oxygens (including phenoxy) is 1. The molecule has 3 rings (SSSR count). The van der Waals surface area contributed by atoms with Crippen LogP contribution in [0.5, 0.6) is 11.5 Å². The maximum atomic E-state index is 13.0. The minimum Gasteiger partial charge on any atom is -0.493 e. The van der Waals surface area contributed by atoms with Crippen molar-refractivity contribution in [3.05, 3.63) is 83.8 Å². The van der Waals surface area contributed by atoms with Crippen molar-refractivity contribution in [2.75, 3.05) is 13.4 Å². The minimum absolute atomic E-state index is 0.0401. The molecule has 0 unspecified atom stereocenters. The fourth-order valence-corrected chi connectivity index (χ4v) is 3.60. The van der Waals surface area contributed by atoms with E-state index in [1.54, 1.807) is 35.4 Å². The van der Waals surface area contributed by atoms with Crippen LogP contribution in [-0.4, -0.2) is 32.6 Å². The van der Waals surface area contributed by atoms with Gasteiger partial charge in [-0.2, -0.15) is 8.42 Å². The Balaban J connectivity index is 1.79. The second kappa shape index (κ2) is 10.2. The number of carbonyl (C=O) groups excluding carboxylic acids is 1. The molecule has 0 aliphatic carbocycles. The van der Waals surface area contributed by atoms with Crippen LogP contribution in [0.4, 0.5) is 0 Å². The van der Waals surface area contributed by atoms with Crippen molar-refractivity contribution in [2.45, 2.75) is 25.9 Å². The summed E-state index contributed by atoms with van der Waals surface area (Å²) in [5, 5.41) is 0. The van der Waals surface area contributed by atoms with E-state index in [-0.39, 0.29) is 18.2 Å². The Morgan fingerprint density at radius 1 is 0.968 bits per heavy atom. The molecule has 7 nitrogen and oxygen atoms in total. The summed E-state index contributed by atoms with van der Waals surface area (Å²) in [6.07, 6.45) is 3.50. The van der Waals surface area contributed by atoms with Crippen LogP contribution in [0.2, 0.25) is 0 Å². The van der Waals surface area contributed by atoms with Crippen LogP contribution in [0.25, 0.3) is 0 Å². The summed E-state index contributed by atoms with van der Waals surface area (Å²) in [6.45, 7) is 0.563. The Hall–Kier alpha value is -3.26. The van der Waals surface area contributed by atoms with Gasteiger partial charge in [0.25, 0.3) is 0 Å². The molecular weight excluding hydrogens is 418 g/mol. The highest BCUT2D eigenvalue weighted by Crippen LogP contribution is 2.30. The molecule has 3 aromatic rings. The summed E-state index contributed by atoms with van der Waals surface area (Å²) in [6, 6.07) is 18.3. The van der Waals surface area contributed by atoms with E-state index in [4.69, 9.17) is 13.3 Å². The number of hydrogen-bond acceptors (Lipinski definition) is 6. The fourth-order valence-electron chi connectivity index (χ4n) is 3.15. The lowest BCUT2D eigenvalue weighted by atomic mass is 10.1. The number of carbonyl (C=O) groups is 1. The minimum atomic E-state index is -3.73. The SMILES string of the molecule is COc1ccc(CN(Cc2ccco2)C(=O)CCc2ccccc2)cc1OS(C)(=O)=O. The zero-order chi connectivity index (χ0) is 22.3. The molecule has 8 heteroatoms. The van der Waals surface area contributed by atoms with E-state index in [0.717, 1.165) is 11.8 Å². The van der Waals surface area contributed by atoms with Crippen LogP contribution in [-0.2, 0) is 34.4 Å². The molecule has 1 aromatic heterocycles. The van der Waals surface area contributed by atoms with Crippen molar-refractivity contribution in [2.24, 2.45) is 0 Å². The van der Waals surface area contributed by atoms with Crippen LogP contribution in [0.1, 0.15) is 23.3 Å². The second-order valence-electron chi connectivity index (χ2n) is 7.09. The van der Waals surface area contributed by atoms with Gasteiger partial charge in [0.15, 0.2) is 11.5 Å². The maximum Gasteiger partial charge on any atom is 0.306 e. The summed E-state index contributed by atoms with van der Waals surface area (Å²) >= 11 is 0. The second-order valence-corrected chi connectivity index (χ2v) is 8.66. The van der Waals surface area contributed by atoms with Crippen molar-refractivity contribution < 1.29 is 26.5 Å². The lowest BCUT2D eigenvalue weighted by molar-refractivity contribution is -0.132. The average Bonchev–Trinajstić information content (AvgIpc) is 3.24. The molecule has 0 saturated carbocycles. The third-order valence-corrected chi connectivity index (χ3v) is 5.07. The molecule has 0 aliphatic rings. The normalized spacial score (nSPS) is 11.2. The summed E-state index contributed by atoms with van der Waals surface area (Å²) < 4.78 is 38.8. The summed E-state index contributed by atoms with van der Waals surface area (Å²) in [5.41, 5.74) is 1.79. The third-order valence-electron chi connectivity index (χ3n) is 4.59. The number of rotatable bonds is 10. The Bertz CT molecular complexity index is 1090. The first-order valence-electron chi connectivity index (χ1n) is 9.74. The topological polar surface area (TPSA) is 86.0 Å². The smallest absolute Gasteiger partial charge is 0.306 e. The van der Waals surface area contributed by atoms with Gasteiger partial charge in [0.1, 0.15) is 5.76 Å². The summed E-state index contributed by atoms with van der Waals surface area (Å²) in [7, 11) is -2.30. The molecule has 0 N–H and O–H groups in total. The Morgan fingerprint density at radius 3 is 2.39 bits per heavy atom. The van der Waals surface area contributed by atoms with Gasteiger partial charge in [-0.1, -0.05) is 36.4 Å². The lowest BCUT2D eigenvalue weighted by Gasteiger charge is -2.22. The Kier molecular flexibility index (Phi) is 7.36. The number of aryl methyl sites for hydroxylation is 1. The monoisotopic (exact) mass is 443 g/mol. The van der Waals surface area contributed by atoms with Crippen LogP contribution in [0.3, 0.4) is 0 Å². The number of amides is 1. The summed E-state index contributed by atoms with van der Waals surface area (Å²) in [4.78, 5) is 14.7. The summed E-state index contributed by atoms with van der Waals surface area (Å²) in [5.74, 6) is 0.996. The van der Waals surface area contributed by atoms with Crippen molar-refractivity contribution in [1.82, 2.24) is 4.90 Å². The molecule has 1 amide bonds. The molecule has 0 fully saturated rings. The van der Waals surface area contributed by atoms with Crippen molar-refractivity contribution in [3.63, 3.8) is 0 Å². The van der Waals surface area contributed by atoms with Gasteiger partial charge in [0.2, 0.25) is 5.91 Å². The number of furan rings is 1. The van der Waals surface area contributed by atoms with Crippen molar-refractivity contribution >= 4 is 16.0 Å². The van der Waals surface area contributed by atoms with E-state index < -0.39 is 10.1 Å². The lowest BCUT2D eigenvalue weighted by Crippen LogP contribution is -2.30. The fraction of sp³-hybridized carbons (Fsp3) is 0.261. The van der Waals surface area contributed by atoms with Gasteiger partial charge in [-0.15, -0.1) is 0 Å². The molecule has 164 valence electrons. The van der Waals surface area contributed by atoms with Crippen LogP contribution in [0.15, 0.2) is 71.3 Å². The van der Waals surface area contributed by atoms with E-state index in [1.807, 2.05) is 36.4 Å². The molecule has 0 spiro atoms. The molecule has 0 atom stereocenters. The van der Waals surface area contributed by atoms with Gasteiger partial charge >= 0.3 is 10.1 Å². The Labute approximate surface area is 182 Å². The number of methoxy groups -OCH3 is 1. The van der Waals surface area contributed by atoms with E-state index in [0.29, 0.717) is 36.5 Å². The standard InChI is InChI=1S/C23H25NO6S/c1-28-21-12-10-19(15-22(21)30-31(2,26)27)16-24(17-20-9-6-14-29-20)23(25)13-11-18-7-4-3-5-8-18/h3-10,12,14-15H,11,13,16-17H2,1-2H3. The molecule has 1 heterocycles. The predicted molar refractivity (Wildman–Crippen MR) is 116 cm³/mol. The highest BCUT2D eigenvalue weighted by atomic mass is 32.2. The van der Waals surface area contributed by atoms with E-state index in [9.17, 15) is 13.2 Å². The third kappa shape index (κ3) is 6.89. The Morgan fingerprint density at radius 2 is 1.74 bits per heavy atom. The quantitative estimate of drug-likeness (QED) is 0.443.